The van der Waals surface area contributed by atoms with Crippen LogP contribution in [0.1, 0.15) is 36.2 Å². The third kappa shape index (κ3) is 6.58. The van der Waals surface area contributed by atoms with Crippen molar-refractivity contribution in [2.75, 3.05) is 32.2 Å². The molecule has 2 aromatic carbocycles. The Bertz CT molecular complexity index is 1210. The molecule has 0 saturated carbocycles. The number of hydrogen-bond donors (Lipinski definition) is 1. The second kappa shape index (κ2) is 12.5. The standard InChI is InChI=1S/C25H25ClN2O7S/c1-4-10-35-19-9-6-15(11-20(19)33-3)12-21-23(30)28(25(32)36-21)14-22(29)27-16-7-8-18(26)17(13-16)24(31)34-5-2/h6-9,11-13H,4-5,10,14H2,1-3H3,(H,27,29)/b21-12-. The lowest BCUT2D eigenvalue weighted by molar-refractivity contribution is -0.127. The quantitative estimate of drug-likeness (QED) is 0.336. The number of carbonyl (C=O) groups excluding carboxylic acids is 4. The van der Waals surface area contributed by atoms with Crippen molar-refractivity contribution in [3.05, 3.63) is 57.5 Å². The van der Waals surface area contributed by atoms with Crippen LogP contribution in [-0.2, 0) is 14.3 Å². The number of thioether (sulfide) groups is 1. The third-order valence-corrected chi connectivity index (χ3v) is 6.10. The first kappa shape index (κ1) is 27.1. The number of amides is 3. The summed E-state index contributed by atoms with van der Waals surface area (Å²) in [5.41, 5.74) is 0.998. The largest absolute Gasteiger partial charge is 0.493 e. The molecule has 2 aromatic rings. The summed E-state index contributed by atoms with van der Waals surface area (Å²) < 4.78 is 15.9. The molecule has 0 aromatic heterocycles. The minimum absolute atomic E-state index is 0.0898. The number of ether oxygens (including phenoxy) is 3. The molecule has 1 heterocycles. The van der Waals surface area contributed by atoms with Crippen molar-refractivity contribution >= 4 is 58.1 Å². The zero-order valence-electron chi connectivity index (χ0n) is 20.0. The minimum Gasteiger partial charge on any atom is -0.493 e. The van der Waals surface area contributed by atoms with Gasteiger partial charge < -0.3 is 19.5 Å². The summed E-state index contributed by atoms with van der Waals surface area (Å²) in [6.07, 6.45) is 2.40. The maximum Gasteiger partial charge on any atom is 0.339 e. The van der Waals surface area contributed by atoms with Gasteiger partial charge in [0.1, 0.15) is 6.54 Å². The van der Waals surface area contributed by atoms with E-state index < -0.39 is 29.6 Å². The number of carbonyl (C=O) groups is 4. The van der Waals surface area contributed by atoms with Crippen LogP contribution >= 0.6 is 23.4 Å². The molecule has 1 aliphatic heterocycles. The molecule has 36 heavy (non-hydrogen) atoms. The molecule has 1 N–H and O–H groups in total. The fourth-order valence-electron chi connectivity index (χ4n) is 3.21. The van der Waals surface area contributed by atoms with Crippen molar-refractivity contribution < 1.29 is 33.4 Å². The van der Waals surface area contributed by atoms with E-state index in [9.17, 15) is 19.2 Å². The number of anilines is 1. The highest BCUT2D eigenvalue weighted by atomic mass is 35.5. The van der Waals surface area contributed by atoms with E-state index in [2.05, 4.69) is 5.32 Å². The molecule has 1 fully saturated rings. The van der Waals surface area contributed by atoms with Crippen molar-refractivity contribution in [2.24, 2.45) is 0 Å². The van der Waals surface area contributed by atoms with E-state index in [1.54, 1.807) is 31.2 Å². The second-order valence-electron chi connectivity index (χ2n) is 7.49. The van der Waals surface area contributed by atoms with E-state index in [0.29, 0.717) is 23.7 Å². The van der Waals surface area contributed by atoms with Crippen LogP contribution in [0.2, 0.25) is 5.02 Å². The highest BCUT2D eigenvalue weighted by Crippen LogP contribution is 2.34. The topological polar surface area (TPSA) is 111 Å². The van der Waals surface area contributed by atoms with Gasteiger partial charge in [0.25, 0.3) is 11.1 Å². The van der Waals surface area contributed by atoms with Gasteiger partial charge in [-0.1, -0.05) is 24.6 Å². The van der Waals surface area contributed by atoms with Gasteiger partial charge in [-0.2, -0.15) is 0 Å². The highest BCUT2D eigenvalue weighted by molar-refractivity contribution is 8.18. The van der Waals surface area contributed by atoms with Crippen LogP contribution in [0.5, 0.6) is 11.5 Å². The number of esters is 1. The van der Waals surface area contributed by atoms with Crippen LogP contribution in [-0.4, -0.2) is 54.8 Å². The summed E-state index contributed by atoms with van der Waals surface area (Å²) >= 11 is 6.77. The fraction of sp³-hybridized carbons (Fsp3) is 0.280. The van der Waals surface area contributed by atoms with Gasteiger partial charge in [0.2, 0.25) is 5.91 Å². The van der Waals surface area contributed by atoms with Crippen molar-refractivity contribution in [1.82, 2.24) is 4.90 Å². The lowest BCUT2D eigenvalue weighted by Gasteiger charge is -2.13. The predicted octanol–water partition coefficient (Wildman–Crippen LogP) is 4.99. The number of benzene rings is 2. The van der Waals surface area contributed by atoms with E-state index in [1.165, 1.54) is 25.3 Å². The van der Waals surface area contributed by atoms with Crippen molar-refractivity contribution in [1.29, 1.82) is 0 Å². The van der Waals surface area contributed by atoms with Crippen molar-refractivity contribution in [3.63, 3.8) is 0 Å². The Hall–Kier alpha value is -3.50. The number of nitrogens with one attached hydrogen (secondary N) is 1. The SMILES string of the molecule is CCCOc1ccc(/C=C2\SC(=O)N(CC(=O)Nc3ccc(Cl)c(C(=O)OCC)c3)C2=O)cc1OC. The fourth-order valence-corrected chi connectivity index (χ4v) is 4.24. The summed E-state index contributed by atoms with van der Waals surface area (Å²) in [7, 11) is 1.51. The van der Waals surface area contributed by atoms with Crippen LogP contribution in [0.4, 0.5) is 10.5 Å². The van der Waals surface area contributed by atoms with Crippen LogP contribution in [0, 0.1) is 0 Å². The van der Waals surface area contributed by atoms with Gasteiger partial charge in [-0.05, 0) is 67.1 Å². The molecule has 0 unspecified atom stereocenters. The number of hydrogen-bond acceptors (Lipinski definition) is 8. The normalized spacial score (nSPS) is 14.2. The monoisotopic (exact) mass is 532 g/mol. The molecule has 3 amide bonds. The molecule has 11 heteroatoms. The first-order valence-electron chi connectivity index (χ1n) is 11.1. The van der Waals surface area contributed by atoms with E-state index in [0.717, 1.165) is 23.1 Å². The van der Waals surface area contributed by atoms with Crippen molar-refractivity contribution in [3.8, 4) is 11.5 Å². The Morgan fingerprint density at radius 2 is 1.89 bits per heavy atom. The van der Waals surface area contributed by atoms with Gasteiger partial charge in [-0.25, -0.2) is 4.79 Å². The Morgan fingerprint density at radius 3 is 2.58 bits per heavy atom. The molecular weight excluding hydrogens is 508 g/mol. The first-order chi connectivity index (χ1) is 17.3. The summed E-state index contributed by atoms with van der Waals surface area (Å²) in [6.45, 7) is 3.87. The molecular formula is C25H25ClN2O7S. The van der Waals surface area contributed by atoms with Gasteiger partial charge in [0, 0.05) is 5.69 Å². The molecule has 3 rings (SSSR count). The van der Waals surface area contributed by atoms with Crippen LogP contribution in [0.15, 0.2) is 41.3 Å². The first-order valence-corrected chi connectivity index (χ1v) is 12.3. The Labute approximate surface area is 217 Å². The van der Waals surface area contributed by atoms with Gasteiger partial charge in [0.15, 0.2) is 11.5 Å². The summed E-state index contributed by atoms with van der Waals surface area (Å²) in [5.74, 6) is -0.754. The zero-order valence-corrected chi connectivity index (χ0v) is 21.5. The minimum atomic E-state index is -0.628. The van der Waals surface area contributed by atoms with E-state index in [4.69, 9.17) is 25.8 Å². The molecule has 0 radical (unpaired) electrons. The highest BCUT2D eigenvalue weighted by Gasteiger charge is 2.36. The lowest BCUT2D eigenvalue weighted by atomic mass is 10.2. The summed E-state index contributed by atoms with van der Waals surface area (Å²) in [6, 6.07) is 9.49. The average Bonchev–Trinajstić information content (AvgIpc) is 3.11. The van der Waals surface area contributed by atoms with Gasteiger partial charge in [-0.15, -0.1) is 0 Å². The smallest absolute Gasteiger partial charge is 0.339 e. The summed E-state index contributed by atoms with van der Waals surface area (Å²) in [5, 5.41) is 2.17. The number of nitrogens with zero attached hydrogens (tertiary/aromatic N) is 1. The molecule has 1 saturated heterocycles. The van der Waals surface area contributed by atoms with Gasteiger partial charge in [-0.3, -0.25) is 19.3 Å². The van der Waals surface area contributed by atoms with Crippen molar-refractivity contribution in [2.45, 2.75) is 20.3 Å². The summed E-state index contributed by atoms with van der Waals surface area (Å²) in [4.78, 5) is 50.9. The number of halogens is 1. The molecule has 9 nitrogen and oxygen atoms in total. The van der Waals surface area contributed by atoms with E-state index >= 15 is 0 Å². The number of rotatable bonds is 10. The number of imide groups is 1. The van der Waals surface area contributed by atoms with Crippen LogP contribution in [0.3, 0.4) is 0 Å². The molecule has 190 valence electrons. The Kier molecular flexibility index (Phi) is 9.38. The Balaban J connectivity index is 1.70. The van der Waals surface area contributed by atoms with Crippen LogP contribution < -0.4 is 14.8 Å². The number of methoxy groups -OCH3 is 1. The zero-order chi connectivity index (χ0) is 26.2. The molecule has 0 atom stereocenters. The molecule has 1 aliphatic rings. The average molecular weight is 533 g/mol. The van der Waals surface area contributed by atoms with Gasteiger partial charge in [0.05, 0.1) is 35.8 Å². The van der Waals surface area contributed by atoms with Gasteiger partial charge >= 0.3 is 5.97 Å². The van der Waals surface area contributed by atoms with E-state index in [1.807, 2.05) is 6.92 Å². The lowest BCUT2D eigenvalue weighted by Crippen LogP contribution is -2.36. The Morgan fingerprint density at radius 1 is 1.11 bits per heavy atom. The molecule has 0 bridgehead atoms. The maximum atomic E-state index is 12.8. The second-order valence-corrected chi connectivity index (χ2v) is 8.89. The van der Waals surface area contributed by atoms with Crippen LogP contribution in [0.25, 0.3) is 6.08 Å². The van der Waals surface area contributed by atoms with E-state index in [-0.39, 0.29) is 27.8 Å². The maximum absolute atomic E-state index is 12.8. The third-order valence-electron chi connectivity index (χ3n) is 4.87. The predicted molar refractivity (Wildman–Crippen MR) is 137 cm³/mol. The molecule has 0 spiro atoms. The molecule has 0 aliphatic carbocycles.